The summed E-state index contributed by atoms with van der Waals surface area (Å²) < 4.78 is 15.0. The van der Waals surface area contributed by atoms with Crippen LogP contribution >= 0.6 is 15.9 Å². The van der Waals surface area contributed by atoms with Gasteiger partial charge in [-0.1, -0.05) is 0 Å². The zero-order chi connectivity index (χ0) is 17.9. The summed E-state index contributed by atoms with van der Waals surface area (Å²) in [4.78, 5) is 35.9. The molecule has 0 fully saturated rings. The van der Waals surface area contributed by atoms with Crippen LogP contribution in [0.4, 0.5) is 11.4 Å². The van der Waals surface area contributed by atoms with Crippen LogP contribution in [-0.2, 0) is 23.8 Å². The first-order valence-corrected chi connectivity index (χ1v) is 7.39. The third-order valence-corrected chi connectivity index (χ3v) is 3.94. The number of benzene rings is 1. The Hall–Kier alpha value is -2.46. The van der Waals surface area contributed by atoms with E-state index in [1.807, 2.05) is 0 Å². The van der Waals surface area contributed by atoms with Gasteiger partial charge in [-0.2, -0.15) is 0 Å². The number of carbonyl (C=O) groups is 2. The molecule has 0 spiro atoms. The van der Waals surface area contributed by atoms with Crippen LogP contribution in [0.1, 0.15) is 0 Å². The lowest BCUT2D eigenvalue weighted by Gasteiger charge is -2.31. The van der Waals surface area contributed by atoms with Gasteiger partial charge in [-0.25, -0.2) is 9.59 Å². The van der Waals surface area contributed by atoms with Crippen LogP contribution in [0.15, 0.2) is 33.9 Å². The molecule has 0 saturated carbocycles. The quantitative estimate of drug-likeness (QED) is 0.427. The summed E-state index contributed by atoms with van der Waals surface area (Å²) in [6.45, 7) is -0.212. The van der Waals surface area contributed by atoms with Crippen LogP contribution < -0.4 is 4.90 Å². The van der Waals surface area contributed by atoms with Gasteiger partial charge in [-0.15, -0.1) is 0 Å². The summed E-state index contributed by atoms with van der Waals surface area (Å²) in [7, 11) is 2.34. The third-order valence-electron chi connectivity index (χ3n) is 3.27. The van der Waals surface area contributed by atoms with E-state index in [0.29, 0.717) is 5.69 Å². The molecule has 0 aliphatic carbocycles. The normalized spacial score (nSPS) is 14.4. The lowest BCUT2D eigenvalue weighted by Crippen LogP contribution is -2.38. The molecule has 1 aromatic carbocycles. The molecule has 2 rings (SSSR count). The van der Waals surface area contributed by atoms with Gasteiger partial charge in [0.1, 0.15) is 12.4 Å². The van der Waals surface area contributed by atoms with Crippen molar-refractivity contribution in [2.24, 2.45) is 0 Å². The summed E-state index contributed by atoms with van der Waals surface area (Å²) in [6, 6.07) is 4.27. The van der Waals surface area contributed by atoms with Crippen LogP contribution in [0.5, 0.6) is 0 Å². The van der Waals surface area contributed by atoms with Crippen molar-refractivity contribution in [3.05, 3.63) is 44.1 Å². The van der Waals surface area contributed by atoms with E-state index >= 15 is 0 Å². The number of anilines is 1. The Balaban J connectivity index is 2.59. The van der Waals surface area contributed by atoms with Crippen molar-refractivity contribution in [1.29, 1.82) is 0 Å². The maximum Gasteiger partial charge on any atom is 0.355 e. The number of nitro benzene ring substituents is 1. The first-order valence-electron chi connectivity index (χ1n) is 6.59. The average Bonchev–Trinajstić information content (AvgIpc) is 2.59. The van der Waals surface area contributed by atoms with E-state index in [9.17, 15) is 19.7 Å². The Morgan fingerprint density at radius 1 is 1.29 bits per heavy atom. The number of methoxy groups -OCH3 is 2. The van der Waals surface area contributed by atoms with Crippen molar-refractivity contribution in [2.75, 3.05) is 32.5 Å². The minimum absolute atomic E-state index is 0.0267. The number of carbonyl (C=O) groups excluding carboxylic acids is 2. The van der Waals surface area contributed by atoms with E-state index in [4.69, 9.17) is 9.47 Å². The van der Waals surface area contributed by atoms with Gasteiger partial charge in [0.2, 0.25) is 0 Å². The van der Waals surface area contributed by atoms with Crippen molar-refractivity contribution in [1.82, 2.24) is 0 Å². The SMILES string of the molecule is COC(=O)C1=C(C(=O)OC)N(c2ccc(Br)c([N+](=O)[O-])c2)COC1. The molecule has 1 heterocycles. The van der Waals surface area contributed by atoms with Gasteiger partial charge in [0.15, 0.2) is 0 Å². The second-order valence-corrected chi connectivity index (χ2v) is 5.46. The fourth-order valence-corrected chi connectivity index (χ4v) is 2.55. The molecular formula is C14H13BrN2O7. The predicted octanol–water partition coefficient (Wildman–Crippen LogP) is 1.75. The minimum Gasteiger partial charge on any atom is -0.466 e. The van der Waals surface area contributed by atoms with Crippen LogP contribution in [0, 0.1) is 10.1 Å². The molecule has 9 nitrogen and oxygen atoms in total. The van der Waals surface area contributed by atoms with Crippen LogP contribution in [0.3, 0.4) is 0 Å². The monoisotopic (exact) mass is 400 g/mol. The van der Waals surface area contributed by atoms with Crippen LogP contribution in [0.25, 0.3) is 0 Å². The number of ether oxygens (including phenoxy) is 3. The maximum atomic E-state index is 12.1. The first kappa shape index (κ1) is 17.9. The number of rotatable bonds is 4. The van der Waals surface area contributed by atoms with Gasteiger partial charge in [0.05, 0.1) is 41.5 Å². The number of esters is 2. The van der Waals surface area contributed by atoms with Crippen LogP contribution in [-0.4, -0.2) is 44.4 Å². The number of nitro groups is 1. The number of nitrogens with zero attached hydrogens (tertiary/aromatic N) is 2. The number of halogens is 1. The lowest BCUT2D eigenvalue weighted by atomic mass is 10.1. The van der Waals surface area contributed by atoms with Gasteiger partial charge in [-0.3, -0.25) is 10.1 Å². The van der Waals surface area contributed by atoms with Gasteiger partial charge >= 0.3 is 11.9 Å². The standard InChI is InChI=1S/C14H13BrN2O7/c1-22-13(18)9-6-24-7-16(12(9)14(19)23-2)8-3-4-10(15)11(5-8)17(20)21/h3-5H,6-7H2,1-2H3. The zero-order valence-electron chi connectivity index (χ0n) is 12.8. The topological polar surface area (TPSA) is 108 Å². The van der Waals surface area contributed by atoms with Gasteiger partial charge in [-0.05, 0) is 28.1 Å². The van der Waals surface area contributed by atoms with Crippen molar-refractivity contribution in [3.8, 4) is 0 Å². The minimum atomic E-state index is -0.774. The molecule has 0 saturated heterocycles. The molecule has 0 unspecified atom stereocenters. The second kappa shape index (κ2) is 7.41. The molecule has 1 aliphatic heterocycles. The van der Waals surface area contributed by atoms with E-state index in [2.05, 4.69) is 20.7 Å². The van der Waals surface area contributed by atoms with Crippen LogP contribution in [0.2, 0.25) is 0 Å². The van der Waals surface area contributed by atoms with Gasteiger partial charge < -0.3 is 19.1 Å². The predicted molar refractivity (Wildman–Crippen MR) is 85.2 cm³/mol. The average molecular weight is 401 g/mol. The fraction of sp³-hybridized carbons (Fsp3) is 0.286. The zero-order valence-corrected chi connectivity index (χ0v) is 14.4. The van der Waals surface area contributed by atoms with E-state index in [0.717, 1.165) is 0 Å². The molecule has 0 radical (unpaired) electrons. The van der Waals surface area contributed by atoms with E-state index in [-0.39, 0.29) is 34.8 Å². The maximum absolute atomic E-state index is 12.1. The molecule has 1 aliphatic rings. The molecular weight excluding hydrogens is 388 g/mol. The Labute approximate surface area is 145 Å². The second-order valence-electron chi connectivity index (χ2n) is 4.61. The van der Waals surface area contributed by atoms with Gasteiger partial charge in [0.25, 0.3) is 5.69 Å². The Morgan fingerprint density at radius 3 is 2.54 bits per heavy atom. The molecule has 0 aromatic heterocycles. The lowest BCUT2D eigenvalue weighted by molar-refractivity contribution is -0.385. The van der Waals surface area contributed by atoms with E-state index in [1.54, 1.807) is 6.07 Å². The van der Waals surface area contributed by atoms with Crippen molar-refractivity contribution in [2.45, 2.75) is 0 Å². The summed E-state index contributed by atoms with van der Waals surface area (Å²) in [5, 5.41) is 11.1. The number of hydrogen-bond acceptors (Lipinski definition) is 8. The van der Waals surface area contributed by atoms with Gasteiger partial charge in [0, 0.05) is 6.07 Å². The van der Waals surface area contributed by atoms with Crippen molar-refractivity contribution >= 4 is 39.2 Å². The van der Waals surface area contributed by atoms with E-state index < -0.39 is 16.9 Å². The molecule has 0 atom stereocenters. The molecule has 1 aromatic rings. The third kappa shape index (κ3) is 3.39. The van der Waals surface area contributed by atoms with Crippen molar-refractivity contribution in [3.63, 3.8) is 0 Å². The molecule has 0 N–H and O–H groups in total. The highest BCUT2D eigenvalue weighted by atomic mass is 79.9. The summed E-state index contributed by atoms with van der Waals surface area (Å²) in [6.07, 6.45) is 0. The smallest absolute Gasteiger partial charge is 0.355 e. The highest BCUT2D eigenvalue weighted by Gasteiger charge is 2.33. The summed E-state index contributed by atoms with van der Waals surface area (Å²) in [5.41, 5.74) is 0.00158. The molecule has 0 amide bonds. The highest BCUT2D eigenvalue weighted by molar-refractivity contribution is 9.10. The Morgan fingerprint density at radius 2 is 1.96 bits per heavy atom. The molecule has 24 heavy (non-hydrogen) atoms. The Kier molecular flexibility index (Phi) is 5.52. The first-order chi connectivity index (χ1) is 11.4. The molecule has 10 heteroatoms. The van der Waals surface area contributed by atoms with E-state index in [1.165, 1.54) is 31.3 Å². The largest absolute Gasteiger partial charge is 0.466 e. The summed E-state index contributed by atoms with van der Waals surface area (Å²) >= 11 is 3.09. The summed E-state index contributed by atoms with van der Waals surface area (Å²) in [5.74, 6) is -1.52. The van der Waals surface area contributed by atoms with Crippen molar-refractivity contribution < 1.29 is 28.7 Å². The highest BCUT2D eigenvalue weighted by Crippen LogP contribution is 2.33. The Bertz CT molecular complexity index is 732. The molecule has 128 valence electrons. The fourth-order valence-electron chi connectivity index (χ4n) is 2.16. The molecule has 0 bridgehead atoms. The number of hydrogen-bond donors (Lipinski definition) is 0.